The van der Waals surface area contributed by atoms with Crippen molar-refractivity contribution in [1.82, 2.24) is 4.90 Å². The number of aliphatic hydroxyl groups excluding tert-OH is 1. The summed E-state index contributed by atoms with van der Waals surface area (Å²) in [5.41, 5.74) is 3.09. The first-order valence-corrected chi connectivity index (χ1v) is 6.03. The van der Waals surface area contributed by atoms with Crippen LogP contribution in [0.25, 0.3) is 0 Å². The molecule has 17 heavy (non-hydrogen) atoms. The number of rotatable bonds is 2. The second kappa shape index (κ2) is 4.49. The van der Waals surface area contributed by atoms with Gasteiger partial charge in [-0.25, -0.2) is 0 Å². The quantitative estimate of drug-likeness (QED) is 0.845. The summed E-state index contributed by atoms with van der Waals surface area (Å²) >= 11 is 0. The van der Waals surface area contributed by atoms with Gasteiger partial charge in [-0.1, -0.05) is 6.07 Å². The maximum absolute atomic E-state index is 12.1. The fourth-order valence-corrected chi connectivity index (χ4v) is 2.04. The van der Waals surface area contributed by atoms with E-state index in [9.17, 15) is 9.90 Å². The topological polar surface area (TPSA) is 40.5 Å². The van der Waals surface area contributed by atoms with E-state index in [1.165, 1.54) is 5.56 Å². The molecule has 0 aliphatic carbocycles. The largest absolute Gasteiger partial charge is 0.393 e. The molecule has 0 aromatic heterocycles. The lowest BCUT2D eigenvalue weighted by molar-refractivity contribution is 0.00882. The standard InChI is InChI=1S/C14H19NO2/c1-9-4-5-12(6-10(9)2)14(17)15-7-13(8-15)11(3)16/h4-6,11,13,16H,7-8H2,1-3H3/t11-/m1/s1. The molecule has 1 aliphatic rings. The van der Waals surface area contributed by atoms with Gasteiger partial charge >= 0.3 is 0 Å². The summed E-state index contributed by atoms with van der Waals surface area (Å²) in [5, 5.41) is 9.38. The third kappa shape index (κ3) is 2.34. The molecule has 0 unspecified atom stereocenters. The van der Waals surface area contributed by atoms with Crippen LogP contribution in [0.5, 0.6) is 0 Å². The van der Waals surface area contributed by atoms with Crippen LogP contribution in [0.15, 0.2) is 18.2 Å². The number of aliphatic hydroxyl groups is 1. The van der Waals surface area contributed by atoms with Crippen LogP contribution in [0, 0.1) is 19.8 Å². The molecule has 1 saturated heterocycles. The minimum atomic E-state index is -0.321. The summed E-state index contributed by atoms with van der Waals surface area (Å²) in [7, 11) is 0. The summed E-state index contributed by atoms with van der Waals surface area (Å²) < 4.78 is 0. The lowest BCUT2D eigenvalue weighted by Gasteiger charge is -2.40. The van der Waals surface area contributed by atoms with Crippen LogP contribution in [0.2, 0.25) is 0 Å². The zero-order valence-electron chi connectivity index (χ0n) is 10.6. The van der Waals surface area contributed by atoms with Crippen LogP contribution < -0.4 is 0 Å². The van der Waals surface area contributed by atoms with Crippen molar-refractivity contribution in [3.63, 3.8) is 0 Å². The van der Waals surface area contributed by atoms with Gasteiger partial charge in [0, 0.05) is 24.6 Å². The molecule has 1 atom stereocenters. The van der Waals surface area contributed by atoms with Gasteiger partial charge in [0.1, 0.15) is 0 Å². The van der Waals surface area contributed by atoms with Crippen LogP contribution in [-0.4, -0.2) is 35.1 Å². The average Bonchev–Trinajstić information content (AvgIpc) is 2.19. The molecule has 1 aromatic rings. The molecular weight excluding hydrogens is 214 g/mol. The number of hydrogen-bond donors (Lipinski definition) is 1. The summed E-state index contributed by atoms with van der Waals surface area (Å²) in [6, 6.07) is 5.79. The van der Waals surface area contributed by atoms with E-state index in [0.29, 0.717) is 13.1 Å². The zero-order chi connectivity index (χ0) is 12.6. The molecule has 1 N–H and O–H groups in total. The van der Waals surface area contributed by atoms with E-state index < -0.39 is 0 Å². The van der Waals surface area contributed by atoms with E-state index in [1.54, 1.807) is 11.8 Å². The molecule has 0 saturated carbocycles. The molecule has 3 heteroatoms. The molecule has 3 nitrogen and oxygen atoms in total. The highest BCUT2D eigenvalue weighted by atomic mass is 16.3. The highest BCUT2D eigenvalue weighted by Crippen LogP contribution is 2.22. The van der Waals surface area contributed by atoms with Gasteiger partial charge in [-0.3, -0.25) is 4.79 Å². The Labute approximate surface area is 102 Å². The molecule has 1 fully saturated rings. The second-order valence-electron chi connectivity index (χ2n) is 5.01. The second-order valence-corrected chi connectivity index (χ2v) is 5.01. The van der Waals surface area contributed by atoms with E-state index in [-0.39, 0.29) is 17.9 Å². The number of benzene rings is 1. The van der Waals surface area contributed by atoms with Crippen LogP contribution in [-0.2, 0) is 0 Å². The van der Waals surface area contributed by atoms with Gasteiger partial charge in [-0.2, -0.15) is 0 Å². The van der Waals surface area contributed by atoms with E-state index in [4.69, 9.17) is 0 Å². The number of carbonyl (C=O) groups is 1. The van der Waals surface area contributed by atoms with E-state index in [2.05, 4.69) is 0 Å². The number of carbonyl (C=O) groups excluding carboxylic acids is 1. The highest BCUT2D eigenvalue weighted by molar-refractivity contribution is 5.95. The number of amides is 1. The monoisotopic (exact) mass is 233 g/mol. The van der Waals surface area contributed by atoms with Crippen molar-refractivity contribution in [3.8, 4) is 0 Å². The Kier molecular flexibility index (Phi) is 3.20. The molecule has 92 valence electrons. The van der Waals surface area contributed by atoms with E-state index >= 15 is 0 Å². The Hall–Kier alpha value is -1.35. The summed E-state index contributed by atoms with van der Waals surface area (Å²) in [5.74, 6) is 0.315. The first kappa shape index (κ1) is 12.1. The van der Waals surface area contributed by atoms with Crippen molar-refractivity contribution in [3.05, 3.63) is 34.9 Å². The van der Waals surface area contributed by atoms with E-state index in [0.717, 1.165) is 11.1 Å². The Balaban J connectivity index is 2.04. The Morgan fingerprint density at radius 3 is 2.53 bits per heavy atom. The molecule has 1 aromatic carbocycles. The first-order valence-electron chi connectivity index (χ1n) is 6.03. The minimum absolute atomic E-state index is 0.0741. The third-order valence-corrected chi connectivity index (χ3v) is 3.63. The lowest BCUT2D eigenvalue weighted by atomic mass is 9.93. The number of hydrogen-bond acceptors (Lipinski definition) is 2. The SMILES string of the molecule is Cc1ccc(C(=O)N2CC([C@@H](C)O)C2)cc1C. The van der Waals surface area contributed by atoms with Gasteiger partial charge in [0.25, 0.3) is 5.91 Å². The maximum atomic E-state index is 12.1. The van der Waals surface area contributed by atoms with Crippen molar-refractivity contribution in [1.29, 1.82) is 0 Å². The minimum Gasteiger partial charge on any atom is -0.393 e. The van der Waals surface area contributed by atoms with Crippen LogP contribution in [0.4, 0.5) is 0 Å². The normalized spacial score (nSPS) is 17.8. The summed E-state index contributed by atoms with van der Waals surface area (Å²) in [4.78, 5) is 13.9. The van der Waals surface area contributed by atoms with Crippen molar-refractivity contribution in [2.24, 2.45) is 5.92 Å². The molecular formula is C14H19NO2. The molecule has 1 aliphatic heterocycles. The fourth-order valence-electron chi connectivity index (χ4n) is 2.04. The van der Waals surface area contributed by atoms with Gasteiger partial charge in [0.2, 0.25) is 0 Å². The first-order chi connectivity index (χ1) is 7.99. The number of nitrogens with zero attached hydrogens (tertiary/aromatic N) is 1. The maximum Gasteiger partial charge on any atom is 0.253 e. The van der Waals surface area contributed by atoms with Gasteiger partial charge in [-0.05, 0) is 44.0 Å². The van der Waals surface area contributed by atoms with Crippen LogP contribution in [0.3, 0.4) is 0 Å². The molecule has 0 spiro atoms. The van der Waals surface area contributed by atoms with Crippen molar-refractivity contribution < 1.29 is 9.90 Å². The van der Waals surface area contributed by atoms with Crippen molar-refractivity contribution in [2.45, 2.75) is 26.9 Å². The van der Waals surface area contributed by atoms with Gasteiger partial charge < -0.3 is 10.0 Å². The summed E-state index contributed by atoms with van der Waals surface area (Å²) in [6.07, 6.45) is -0.321. The Morgan fingerprint density at radius 2 is 2.00 bits per heavy atom. The Bertz CT molecular complexity index is 434. The van der Waals surface area contributed by atoms with E-state index in [1.807, 2.05) is 32.0 Å². The smallest absolute Gasteiger partial charge is 0.253 e. The molecule has 1 heterocycles. The van der Waals surface area contributed by atoms with Crippen LogP contribution in [0.1, 0.15) is 28.4 Å². The van der Waals surface area contributed by atoms with Gasteiger partial charge in [-0.15, -0.1) is 0 Å². The molecule has 1 amide bonds. The third-order valence-electron chi connectivity index (χ3n) is 3.63. The molecule has 0 radical (unpaired) electrons. The zero-order valence-corrected chi connectivity index (χ0v) is 10.6. The van der Waals surface area contributed by atoms with Gasteiger partial charge in [0.15, 0.2) is 0 Å². The van der Waals surface area contributed by atoms with Gasteiger partial charge in [0.05, 0.1) is 6.10 Å². The van der Waals surface area contributed by atoms with Crippen LogP contribution >= 0.6 is 0 Å². The number of aryl methyl sites for hydroxylation is 2. The predicted octanol–water partition coefficient (Wildman–Crippen LogP) is 1.76. The molecule has 2 rings (SSSR count). The van der Waals surface area contributed by atoms with Crippen molar-refractivity contribution in [2.75, 3.05) is 13.1 Å². The average molecular weight is 233 g/mol. The van der Waals surface area contributed by atoms with Crippen molar-refractivity contribution >= 4 is 5.91 Å². The number of likely N-dealkylation sites (tertiary alicyclic amines) is 1. The fraction of sp³-hybridized carbons (Fsp3) is 0.500. The predicted molar refractivity (Wildman–Crippen MR) is 67.0 cm³/mol. The Morgan fingerprint density at radius 1 is 1.35 bits per heavy atom. The lowest BCUT2D eigenvalue weighted by Crippen LogP contribution is -2.53. The highest BCUT2D eigenvalue weighted by Gasteiger charge is 2.33. The molecule has 0 bridgehead atoms. The summed E-state index contributed by atoms with van der Waals surface area (Å²) in [6.45, 7) is 7.17.